The third-order valence-electron chi connectivity index (χ3n) is 4.86. The number of hydrogen-bond donors (Lipinski definition) is 6. The zero-order valence-electron chi connectivity index (χ0n) is 18.2. The first kappa shape index (κ1) is 28.0. The lowest BCUT2D eigenvalue weighted by molar-refractivity contribution is -0.147. The van der Waals surface area contributed by atoms with Crippen LogP contribution in [0.25, 0.3) is 0 Å². The van der Waals surface area contributed by atoms with Gasteiger partial charge in [-0.1, -0.05) is 0 Å². The van der Waals surface area contributed by atoms with Gasteiger partial charge in [0.05, 0.1) is 12.5 Å². The van der Waals surface area contributed by atoms with Crippen LogP contribution in [0.4, 0.5) is 0 Å². The van der Waals surface area contributed by atoms with Crippen LogP contribution in [0.1, 0.15) is 32.1 Å². The van der Waals surface area contributed by atoms with Crippen molar-refractivity contribution in [1.29, 1.82) is 0 Å². The summed E-state index contributed by atoms with van der Waals surface area (Å²) in [4.78, 5) is 60.2. The van der Waals surface area contributed by atoms with Crippen molar-refractivity contribution >= 4 is 53.2 Å². The number of hydrogen-bond acceptors (Lipinski definition) is 8. The van der Waals surface area contributed by atoms with E-state index in [0.717, 1.165) is 13.0 Å². The van der Waals surface area contributed by atoms with E-state index in [1.807, 2.05) is 12.5 Å². The van der Waals surface area contributed by atoms with Crippen LogP contribution in [0.15, 0.2) is 0 Å². The summed E-state index contributed by atoms with van der Waals surface area (Å²) in [5, 5.41) is 28.6. The average molecular weight is 493 g/mol. The highest BCUT2D eigenvalue weighted by Crippen LogP contribution is 2.09. The molecule has 3 amide bonds. The molecule has 4 atom stereocenters. The molecule has 1 fully saturated rings. The Labute approximate surface area is 195 Å². The second-order valence-electron chi connectivity index (χ2n) is 7.33. The van der Waals surface area contributed by atoms with Gasteiger partial charge >= 0.3 is 11.9 Å². The van der Waals surface area contributed by atoms with Gasteiger partial charge in [-0.2, -0.15) is 23.5 Å². The van der Waals surface area contributed by atoms with Crippen molar-refractivity contribution in [3.8, 4) is 0 Å². The standard InChI is InChI=1S/C19H32N4O7S2/c1-31-8-5-12(21-16(26)11-4-3-7-20-11)17(27)22-13(6-9-32-2)18(28)23-14(19(29)30)10-15(24)25/h11-14,20H,3-10H2,1-2H3,(H,21,26)(H,22,27)(H,23,28)(H,24,25)(H,29,30). The molecule has 0 radical (unpaired) electrons. The minimum Gasteiger partial charge on any atom is -0.481 e. The minimum absolute atomic E-state index is 0.214. The minimum atomic E-state index is -1.62. The molecule has 0 spiro atoms. The molecule has 0 saturated carbocycles. The van der Waals surface area contributed by atoms with Gasteiger partial charge in [-0.05, 0) is 56.2 Å². The van der Waals surface area contributed by atoms with Crippen LogP contribution in [-0.4, -0.2) is 94.6 Å². The molecule has 0 bridgehead atoms. The van der Waals surface area contributed by atoms with Crippen molar-refractivity contribution in [2.75, 3.05) is 30.6 Å². The molecule has 13 heteroatoms. The van der Waals surface area contributed by atoms with Gasteiger partial charge in [0.25, 0.3) is 0 Å². The summed E-state index contributed by atoms with van der Waals surface area (Å²) in [6.45, 7) is 0.734. The van der Waals surface area contributed by atoms with E-state index in [1.54, 1.807) is 0 Å². The van der Waals surface area contributed by atoms with Crippen LogP contribution in [0.5, 0.6) is 0 Å². The van der Waals surface area contributed by atoms with Crippen molar-refractivity contribution in [1.82, 2.24) is 21.3 Å². The van der Waals surface area contributed by atoms with Gasteiger partial charge in [0.1, 0.15) is 18.1 Å². The normalized spacial score (nSPS) is 18.2. The maximum absolute atomic E-state index is 12.9. The van der Waals surface area contributed by atoms with Gasteiger partial charge in [-0.3, -0.25) is 19.2 Å². The lowest BCUT2D eigenvalue weighted by atomic mass is 10.1. The summed E-state index contributed by atoms with van der Waals surface area (Å²) in [7, 11) is 0. The summed E-state index contributed by atoms with van der Waals surface area (Å²) in [6.07, 6.45) is 5.03. The molecule has 182 valence electrons. The molecule has 0 aromatic carbocycles. The number of thioether (sulfide) groups is 2. The molecule has 0 aromatic rings. The van der Waals surface area contributed by atoms with Crippen LogP contribution in [0, 0.1) is 0 Å². The fraction of sp³-hybridized carbons (Fsp3) is 0.737. The molecule has 1 saturated heterocycles. The fourth-order valence-electron chi connectivity index (χ4n) is 3.11. The molecule has 1 heterocycles. The van der Waals surface area contributed by atoms with Crippen molar-refractivity contribution in [2.45, 2.75) is 56.3 Å². The van der Waals surface area contributed by atoms with Crippen molar-refractivity contribution in [3.63, 3.8) is 0 Å². The van der Waals surface area contributed by atoms with Gasteiger partial charge in [-0.15, -0.1) is 0 Å². The molecule has 1 aliphatic rings. The molecule has 4 unspecified atom stereocenters. The Hall–Kier alpha value is -1.99. The summed E-state index contributed by atoms with van der Waals surface area (Å²) in [5.41, 5.74) is 0. The van der Waals surface area contributed by atoms with E-state index in [-0.39, 0.29) is 18.4 Å². The van der Waals surface area contributed by atoms with E-state index in [0.29, 0.717) is 24.3 Å². The Kier molecular flexibility index (Phi) is 13.1. The zero-order valence-corrected chi connectivity index (χ0v) is 19.9. The highest BCUT2D eigenvalue weighted by molar-refractivity contribution is 7.98. The van der Waals surface area contributed by atoms with Crippen LogP contribution >= 0.6 is 23.5 Å². The fourth-order valence-corrected chi connectivity index (χ4v) is 4.05. The number of aliphatic carboxylic acids is 2. The first-order valence-electron chi connectivity index (χ1n) is 10.3. The molecule has 32 heavy (non-hydrogen) atoms. The summed E-state index contributed by atoms with van der Waals surface area (Å²) in [5.74, 6) is -3.35. The average Bonchev–Trinajstić information content (AvgIpc) is 3.27. The highest BCUT2D eigenvalue weighted by atomic mass is 32.2. The molecule has 6 N–H and O–H groups in total. The van der Waals surface area contributed by atoms with Crippen molar-refractivity contribution < 1.29 is 34.2 Å². The Morgan fingerprint density at radius 3 is 1.88 bits per heavy atom. The van der Waals surface area contributed by atoms with Gasteiger partial charge < -0.3 is 31.5 Å². The number of carbonyl (C=O) groups is 5. The largest absolute Gasteiger partial charge is 0.481 e. The smallest absolute Gasteiger partial charge is 0.326 e. The number of nitrogens with one attached hydrogen (secondary N) is 4. The monoisotopic (exact) mass is 492 g/mol. The summed E-state index contributed by atoms with van der Waals surface area (Å²) < 4.78 is 0. The lowest BCUT2D eigenvalue weighted by Crippen LogP contribution is -2.57. The van der Waals surface area contributed by atoms with Gasteiger partial charge in [-0.25, -0.2) is 4.79 Å². The van der Waals surface area contributed by atoms with Crippen LogP contribution in [-0.2, 0) is 24.0 Å². The molecule has 1 aliphatic heterocycles. The number of carboxylic acid groups (broad SMARTS) is 2. The van der Waals surface area contributed by atoms with E-state index < -0.39 is 48.3 Å². The lowest BCUT2D eigenvalue weighted by Gasteiger charge is -2.25. The van der Waals surface area contributed by atoms with Gasteiger partial charge in [0.2, 0.25) is 17.7 Å². The molecular weight excluding hydrogens is 460 g/mol. The predicted octanol–water partition coefficient (Wildman–Crippen LogP) is -0.742. The zero-order chi connectivity index (χ0) is 24.1. The Bertz CT molecular complexity index is 674. The third kappa shape index (κ3) is 10.1. The molecular formula is C19H32N4O7S2. The Balaban J connectivity index is 2.87. The van der Waals surface area contributed by atoms with E-state index in [9.17, 15) is 29.1 Å². The molecule has 0 aromatic heterocycles. The second-order valence-corrected chi connectivity index (χ2v) is 9.30. The topological polar surface area (TPSA) is 174 Å². The van der Waals surface area contributed by atoms with E-state index in [2.05, 4.69) is 21.3 Å². The number of rotatable bonds is 15. The van der Waals surface area contributed by atoms with Crippen LogP contribution in [0.2, 0.25) is 0 Å². The van der Waals surface area contributed by atoms with Crippen LogP contribution < -0.4 is 21.3 Å². The molecule has 0 aliphatic carbocycles. The van der Waals surface area contributed by atoms with Crippen molar-refractivity contribution in [2.24, 2.45) is 0 Å². The van der Waals surface area contributed by atoms with Gasteiger partial charge in [0.15, 0.2) is 0 Å². The molecule has 1 rings (SSSR count). The van der Waals surface area contributed by atoms with E-state index in [4.69, 9.17) is 5.11 Å². The quantitative estimate of drug-likeness (QED) is 0.171. The second kappa shape index (κ2) is 15.0. The van der Waals surface area contributed by atoms with Crippen LogP contribution in [0.3, 0.4) is 0 Å². The Morgan fingerprint density at radius 2 is 1.44 bits per heavy atom. The number of amides is 3. The first-order chi connectivity index (χ1) is 15.2. The maximum atomic E-state index is 12.9. The highest BCUT2D eigenvalue weighted by Gasteiger charge is 2.31. The number of carbonyl (C=O) groups excluding carboxylic acids is 3. The SMILES string of the molecule is CSCCC(NC(=O)C(CCSC)NC(=O)C1CCCN1)C(=O)NC(CC(=O)O)C(=O)O. The number of carboxylic acids is 2. The van der Waals surface area contributed by atoms with Crippen molar-refractivity contribution in [3.05, 3.63) is 0 Å². The first-order valence-corrected chi connectivity index (χ1v) is 13.0. The van der Waals surface area contributed by atoms with E-state index in [1.165, 1.54) is 23.5 Å². The van der Waals surface area contributed by atoms with E-state index >= 15 is 0 Å². The predicted molar refractivity (Wildman–Crippen MR) is 123 cm³/mol. The third-order valence-corrected chi connectivity index (χ3v) is 6.15. The summed E-state index contributed by atoms with van der Waals surface area (Å²) >= 11 is 2.95. The van der Waals surface area contributed by atoms with Gasteiger partial charge in [0, 0.05) is 0 Å². The molecule has 11 nitrogen and oxygen atoms in total. The maximum Gasteiger partial charge on any atom is 0.326 e. The Morgan fingerprint density at radius 1 is 0.906 bits per heavy atom. The summed E-state index contributed by atoms with van der Waals surface area (Å²) in [6, 6.07) is -3.89.